The molecule has 0 bridgehead atoms. The number of carbonyl (C=O) groups is 1. The summed E-state index contributed by atoms with van der Waals surface area (Å²) in [6, 6.07) is 3.08. The monoisotopic (exact) mass is 234 g/mol. The highest BCUT2D eigenvalue weighted by atomic mass is 19.1. The molecule has 1 aromatic rings. The van der Waals surface area contributed by atoms with Crippen LogP contribution in [0, 0.1) is 17.8 Å². The van der Waals surface area contributed by atoms with Crippen LogP contribution in [-0.2, 0) is 0 Å². The molecule has 0 amide bonds. The van der Waals surface area contributed by atoms with Crippen molar-refractivity contribution in [3.05, 3.63) is 23.6 Å². The quantitative estimate of drug-likeness (QED) is 0.629. The first kappa shape index (κ1) is 10.7. The number of aldehydes is 1. The second kappa shape index (κ2) is 4.09. The zero-order valence-corrected chi connectivity index (χ0v) is 9.53. The molecule has 0 radical (unpaired) electrons. The number of anilines is 1. The van der Waals surface area contributed by atoms with E-state index < -0.39 is 5.95 Å². The number of nitrogens with one attached hydrogen (secondary N) is 1. The second-order valence-electron chi connectivity index (χ2n) is 5.03. The molecule has 90 valence electrons. The number of nitrogens with zero attached hydrogens (tertiary/aromatic N) is 1. The maximum Gasteiger partial charge on any atom is 0.214 e. The van der Waals surface area contributed by atoms with Crippen LogP contribution in [0.1, 0.15) is 36.0 Å². The molecule has 0 aromatic carbocycles. The topological polar surface area (TPSA) is 42.0 Å². The Morgan fingerprint density at radius 3 is 2.47 bits per heavy atom. The summed E-state index contributed by atoms with van der Waals surface area (Å²) in [7, 11) is 0. The van der Waals surface area contributed by atoms with Gasteiger partial charge < -0.3 is 5.32 Å². The Morgan fingerprint density at radius 2 is 1.94 bits per heavy atom. The van der Waals surface area contributed by atoms with Crippen molar-refractivity contribution in [3.8, 4) is 0 Å². The predicted molar refractivity (Wildman–Crippen MR) is 62.4 cm³/mol. The number of rotatable bonds is 5. The first-order valence-electron chi connectivity index (χ1n) is 6.16. The summed E-state index contributed by atoms with van der Waals surface area (Å²) in [4.78, 5) is 14.7. The largest absolute Gasteiger partial charge is 0.366 e. The molecular formula is C13H15FN2O. The molecule has 1 N–H and O–H groups in total. The minimum atomic E-state index is -0.538. The SMILES string of the molecule is O=Cc1ccc(F)nc1NC(C1CC1)C1CC1. The zero-order valence-electron chi connectivity index (χ0n) is 9.53. The molecule has 1 aromatic heterocycles. The Balaban J connectivity index is 1.82. The number of hydrogen-bond donors (Lipinski definition) is 1. The zero-order chi connectivity index (χ0) is 11.8. The molecule has 0 aliphatic heterocycles. The average molecular weight is 234 g/mol. The average Bonchev–Trinajstić information content (AvgIpc) is 3.16. The molecule has 3 rings (SSSR count). The summed E-state index contributed by atoms with van der Waals surface area (Å²) < 4.78 is 13.1. The predicted octanol–water partition coefficient (Wildman–Crippen LogP) is 2.63. The van der Waals surface area contributed by atoms with Crippen LogP contribution in [0.25, 0.3) is 0 Å². The molecule has 0 spiro atoms. The highest BCUT2D eigenvalue weighted by Gasteiger charge is 2.41. The Labute approximate surface area is 99.4 Å². The van der Waals surface area contributed by atoms with Crippen molar-refractivity contribution in [2.75, 3.05) is 5.32 Å². The normalized spacial score (nSPS) is 19.4. The molecular weight excluding hydrogens is 219 g/mol. The summed E-state index contributed by atoms with van der Waals surface area (Å²) in [5, 5.41) is 3.28. The van der Waals surface area contributed by atoms with Crippen LogP contribution in [0.2, 0.25) is 0 Å². The fourth-order valence-electron chi connectivity index (χ4n) is 2.35. The van der Waals surface area contributed by atoms with Gasteiger partial charge in [0.15, 0.2) is 6.29 Å². The summed E-state index contributed by atoms with van der Waals surface area (Å²) in [5.74, 6) is 1.24. The molecule has 0 unspecified atom stereocenters. The molecule has 0 saturated heterocycles. The van der Waals surface area contributed by atoms with Crippen LogP contribution >= 0.6 is 0 Å². The van der Waals surface area contributed by atoms with Crippen molar-refractivity contribution in [3.63, 3.8) is 0 Å². The lowest BCUT2D eigenvalue weighted by Gasteiger charge is -2.19. The van der Waals surface area contributed by atoms with Gasteiger partial charge in [-0.25, -0.2) is 4.98 Å². The minimum absolute atomic E-state index is 0.378. The Bertz CT molecular complexity index is 429. The van der Waals surface area contributed by atoms with Crippen molar-refractivity contribution in [1.29, 1.82) is 0 Å². The van der Waals surface area contributed by atoms with Gasteiger partial charge in [0, 0.05) is 6.04 Å². The molecule has 0 atom stereocenters. The van der Waals surface area contributed by atoms with Crippen LogP contribution < -0.4 is 5.32 Å². The van der Waals surface area contributed by atoms with Crippen LogP contribution in [0.3, 0.4) is 0 Å². The van der Waals surface area contributed by atoms with Crippen molar-refractivity contribution in [2.24, 2.45) is 11.8 Å². The maximum absolute atomic E-state index is 13.1. The highest BCUT2D eigenvalue weighted by Crippen LogP contribution is 2.45. The van der Waals surface area contributed by atoms with Crippen LogP contribution in [0.4, 0.5) is 10.2 Å². The lowest BCUT2D eigenvalue weighted by Crippen LogP contribution is -2.25. The Hall–Kier alpha value is -1.45. The number of carbonyl (C=O) groups excluding carboxylic acids is 1. The van der Waals surface area contributed by atoms with Crippen LogP contribution in [-0.4, -0.2) is 17.3 Å². The molecule has 2 saturated carbocycles. The van der Waals surface area contributed by atoms with Gasteiger partial charge in [0.1, 0.15) is 5.82 Å². The lowest BCUT2D eigenvalue weighted by atomic mass is 10.1. The Kier molecular flexibility index (Phi) is 2.57. The van der Waals surface area contributed by atoms with E-state index in [1.807, 2.05) is 0 Å². The van der Waals surface area contributed by atoms with Crippen molar-refractivity contribution >= 4 is 12.1 Å². The Morgan fingerprint density at radius 1 is 1.29 bits per heavy atom. The molecule has 3 nitrogen and oxygen atoms in total. The number of halogens is 1. The first-order valence-corrected chi connectivity index (χ1v) is 6.16. The van der Waals surface area contributed by atoms with Crippen LogP contribution in [0.5, 0.6) is 0 Å². The summed E-state index contributed by atoms with van der Waals surface area (Å²) >= 11 is 0. The van der Waals surface area contributed by atoms with E-state index in [0.717, 1.165) is 6.29 Å². The second-order valence-corrected chi connectivity index (χ2v) is 5.03. The minimum Gasteiger partial charge on any atom is -0.366 e. The molecule has 1 heterocycles. The van der Waals surface area contributed by atoms with E-state index in [1.165, 1.54) is 37.8 Å². The fourth-order valence-corrected chi connectivity index (χ4v) is 2.35. The van der Waals surface area contributed by atoms with Gasteiger partial charge in [-0.15, -0.1) is 0 Å². The summed E-state index contributed by atoms with van der Waals surface area (Å²) in [6.45, 7) is 0. The van der Waals surface area contributed by atoms with E-state index in [1.54, 1.807) is 0 Å². The molecule has 2 aliphatic carbocycles. The van der Waals surface area contributed by atoms with Gasteiger partial charge in [0.2, 0.25) is 5.95 Å². The third-order valence-electron chi connectivity index (χ3n) is 3.58. The van der Waals surface area contributed by atoms with E-state index >= 15 is 0 Å². The molecule has 2 aliphatic rings. The van der Waals surface area contributed by atoms with Gasteiger partial charge in [0.25, 0.3) is 0 Å². The standard InChI is InChI=1S/C13H15FN2O/c14-11-6-5-10(7-17)13(15-11)16-12(8-1-2-8)9-3-4-9/h5-9,12H,1-4H2,(H,15,16). The number of aromatic nitrogens is 1. The van der Waals surface area contributed by atoms with Crippen molar-refractivity contribution < 1.29 is 9.18 Å². The summed E-state index contributed by atoms with van der Waals surface area (Å²) in [6.07, 6.45) is 5.67. The van der Waals surface area contributed by atoms with E-state index in [2.05, 4.69) is 10.3 Å². The van der Waals surface area contributed by atoms with E-state index in [0.29, 0.717) is 29.3 Å². The number of hydrogen-bond acceptors (Lipinski definition) is 3. The molecule has 2 fully saturated rings. The van der Waals surface area contributed by atoms with Crippen LogP contribution in [0.15, 0.2) is 12.1 Å². The first-order chi connectivity index (χ1) is 8.28. The molecule has 4 heteroatoms. The van der Waals surface area contributed by atoms with Gasteiger partial charge in [-0.3, -0.25) is 4.79 Å². The third kappa shape index (κ3) is 2.30. The maximum atomic E-state index is 13.1. The lowest BCUT2D eigenvalue weighted by molar-refractivity contribution is 0.112. The smallest absolute Gasteiger partial charge is 0.214 e. The van der Waals surface area contributed by atoms with Crippen molar-refractivity contribution in [1.82, 2.24) is 4.98 Å². The molecule has 17 heavy (non-hydrogen) atoms. The van der Waals surface area contributed by atoms with Gasteiger partial charge >= 0.3 is 0 Å². The van der Waals surface area contributed by atoms with Gasteiger partial charge in [0.05, 0.1) is 5.56 Å². The third-order valence-corrected chi connectivity index (χ3v) is 3.58. The van der Waals surface area contributed by atoms with Gasteiger partial charge in [-0.2, -0.15) is 4.39 Å². The summed E-state index contributed by atoms with van der Waals surface area (Å²) in [5.41, 5.74) is 0.442. The van der Waals surface area contributed by atoms with Gasteiger partial charge in [-0.05, 0) is 49.7 Å². The van der Waals surface area contributed by atoms with E-state index in [4.69, 9.17) is 0 Å². The van der Waals surface area contributed by atoms with E-state index in [9.17, 15) is 9.18 Å². The van der Waals surface area contributed by atoms with Gasteiger partial charge in [-0.1, -0.05) is 0 Å². The highest BCUT2D eigenvalue weighted by molar-refractivity contribution is 5.82. The fraction of sp³-hybridized carbons (Fsp3) is 0.538. The van der Waals surface area contributed by atoms with E-state index in [-0.39, 0.29) is 0 Å². The number of pyridine rings is 1. The van der Waals surface area contributed by atoms with Crippen molar-refractivity contribution in [2.45, 2.75) is 31.7 Å².